The second-order valence-electron chi connectivity index (χ2n) is 8.24. The molecule has 2 heterocycles. The molecule has 2 fully saturated rings. The lowest BCUT2D eigenvalue weighted by Crippen LogP contribution is -2.39. The monoisotopic (exact) mass is 409 g/mol. The predicted molar refractivity (Wildman–Crippen MR) is 115 cm³/mol. The Labute approximate surface area is 176 Å². The Morgan fingerprint density at radius 1 is 0.933 bits per heavy atom. The number of carbonyl (C=O) groups is 2. The smallest absolute Gasteiger partial charge is 0.321 e. The van der Waals surface area contributed by atoms with Crippen LogP contribution < -0.4 is 5.32 Å². The number of amides is 3. The van der Waals surface area contributed by atoms with Crippen LogP contribution in [0.15, 0.2) is 48.5 Å². The Hall–Kier alpha value is -2.89. The van der Waals surface area contributed by atoms with Gasteiger partial charge in [0.2, 0.25) is 0 Å². The molecule has 0 aliphatic carbocycles. The van der Waals surface area contributed by atoms with Crippen molar-refractivity contribution in [2.24, 2.45) is 5.92 Å². The van der Waals surface area contributed by atoms with Gasteiger partial charge in [-0.1, -0.05) is 30.3 Å². The average Bonchev–Trinajstić information content (AvgIpc) is 3.31. The standard InChI is InChI=1S/C24H28FN3O2/c25-20-8-9-22(26-24(30)28-12-4-5-13-28)21(17-20)23(29)27-14-10-19(11-15-27)16-18-6-2-1-3-7-18/h1-3,6-9,17,19H,4-5,10-16H2,(H,26,30). The third kappa shape index (κ3) is 4.81. The van der Waals surface area contributed by atoms with Gasteiger partial charge in [-0.3, -0.25) is 4.79 Å². The maximum atomic E-state index is 13.9. The van der Waals surface area contributed by atoms with Crippen LogP contribution in [0.2, 0.25) is 0 Å². The number of hydrogen-bond acceptors (Lipinski definition) is 2. The highest BCUT2D eigenvalue weighted by molar-refractivity contribution is 6.03. The number of hydrogen-bond donors (Lipinski definition) is 1. The summed E-state index contributed by atoms with van der Waals surface area (Å²) in [4.78, 5) is 29.1. The minimum Gasteiger partial charge on any atom is -0.339 e. The Bertz CT molecular complexity index is 889. The molecule has 2 aromatic rings. The average molecular weight is 410 g/mol. The Morgan fingerprint density at radius 2 is 1.63 bits per heavy atom. The van der Waals surface area contributed by atoms with Gasteiger partial charge < -0.3 is 15.1 Å². The fourth-order valence-corrected chi connectivity index (χ4v) is 4.37. The summed E-state index contributed by atoms with van der Waals surface area (Å²) in [6.45, 7) is 2.72. The van der Waals surface area contributed by atoms with Crippen molar-refractivity contribution in [2.75, 3.05) is 31.5 Å². The Balaban J connectivity index is 1.40. The molecular weight excluding hydrogens is 381 g/mol. The van der Waals surface area contributed by atoms with E-state index in [1.54, 1.807) is 9.80 Å². The first-order valence-electron chi connectivity index (χ1n) is 10.8. The summed E-state index contributed by atoms with van der Waals surface area (Å²) in [5, 5.41) is 2.81. The molecule has 3 amide bonds. The number of rotatable bonds is 4. The number of carbonyl (C=O) groups excluding carboxylic acids is 2. The van der Waals surface area contributed by atoms with Gasteiger partial charge in [-0.25, -0.2) is 9.18 Å². The zero-order chi connectivity index (χ0) is 20.9. The summed E-state index contributed by atoms with van der Waals surface area (Å²) >= 11 is 0. The number of likely N-dealkylation sites (tertiary alicyclic amines) is 2. The van der Waals surface area contributed by atoms with Gasteiger partial charge in [-0.15, -0.1) is 0 Å². The summed E-state index contributed by atoms with van der Waals surface area (Å²) in [5.41, 5.74) is 1.92. The molecule has 0 unspecified atom stereocenters. The zero-order valence-corrected chi connectivity index (χ0v) is 17.1. The minimum absolute atomic E-state index is 0.218. The number of anilines is 1. The van der Waals surface area contributed by atoms with Gasteiger partial charge in [0.15, 0.2) is 0 Å². The molecule has 6 heteroatoms. The first-order chi connectivity index (χ1) is 14.6. The van der Waals surface area contributed by atoms with E-state index in [4.69, 9.17) is 0 Å². The van der Waals surface area contributed by atoms with E-state index < -0.39 is 5.82 Å². The van der Waals surface area contributed by atoms with Crippen molar-refractivity contribution < 1.29 is 14.0 Å². The van der Waals surface area contributed by atoms with E-state index in [1.165, 1.54) is 23.8 Å². The fraction of sp³-hybridized carbons (Fsp3) is 0.417. The SMILES string of the molecule is O=C(Nc1ccc(F)cc1C(=O)N1CCC(Cc2ccccc2)CC1)N1CCCC1. The van der Waals surface area contributed by atoms with Crippen LogP contribution in [0.4, 0.5) is 14.9 Å². The van der Waals surface area contributed by atoms with Gasteiger partial charge in [-0.2, -0.15) is 0 Å². The van der Waals surface area contributed by atoms with Gasteiger partial charge in [0, 0.05) is 26.2 Å². The summed E-state index contributed by atoms with van der Waals surface area (Å²) < 4.78 is 13.9. The van der Waals surface area contributed by atoms with E-state index in [-0.39, 0.29) is 17.5 Å². The van der Waals surface area contributed by atoms with Crippen LogP contribution in [0.5, 0.6) is 0 Å². The van der Waals surface area contributed by atoms with Crippen molar-refractivity contribution in [1.29, 1.82) is 0 Å². The topological polar surface area (TPSA) is 52.7 Å². The first-order valence-corrected chi connectivity index (χ1v) is 10.8. The van der Waals surface area contributed by atoms with Crippen LogP contribution in [0.3, 0.4) is 0 Å². The molecule has 4 rings (SSSR count). The highest BCUT2D eigenvalue weighted by Gasteiger charge is 2.27. The van der Waals surface area contributed by atoms with E-state index in [0.29, 0.717) is 37.8 Å². The molecule has 0 spiro atoms. The predicted octanol–water partition coefficient (Wildman–Crippen LogP) is 4.55. The molecule has 158 valence electrons. The van der Waals surface area contributed by atoms with Crippen molar-refractivity contribution in [3.8, 4) is 0 Å². The van der Waals surface area contributed by atoms with Crippen LogP contribution in [-0.2, 0) is 6.42 Å². The largest absolute Gasteiger partial charge is 0.339 e. The van der Waals surface area contributed by atoms with Gasteiger partial charge in [0.05, 0.1) is 11.3 Å². The third-order valence-corrected chi connectivity index (χ3v) is 6.12. The third-order valence-electron chi connectivity index (χ3n) is 6.12. The molecule has 0 bridgehead atoms. The number of halogens is 1. The number of urea groups is 1. The summed E-state index contributed by atoms with van der Waals surface area (Å²) in [6, 6.07) is 14.2. The van der Waals surface area contributed by atoms with Crippen molar-refractivity contribution >= 4 is 17.6 Å². The minimum atomic E-state index is -0.475. The van der Waals surface area contributed by atoms with Crippen LogP contribution in [0, 0.1) is 11.7 Å². The molecule has 0 atom stereocenters. The second-order valence-corrected chi connectivity index (χ2v) is 8.24. The molecule has 2 saturated heterocycles. The molecule has 0 radical (unpaired) electrons. The van der Waals surface area contributed by atoms with Crippen molar-refractivity contribution in [3.63, 3.8) is 0 Å². The highest BCUT2D eigenvalue weighted by Crippen LogP contribution is 2.26. The maximum absolute atomic E-state index is 13.9. The van der Waals surface area contributed by atoms with Crippen LogP contribution in [0.1, 0.15) is 41.6 Å². The fourth-order valence-electron chi connectivity index (χ4n) is 4.37. The van der Waals surface area contributed by atoms with Gasteiger partial charge in [-0.05, 0) is 61.8 Å². The summed E-state index contributed by atoms with van der Waals surface area (Å²) in [5.74, 6) is -0.154. The van der Waals surface area contributed by atoms with Crippen molar-refractivity contribution in [1.82, 2.24) is 9.80 Å². The quantitative estimate of drug-likeness (QED) is 0.806. The van der Waals surface area contributed by atoms with Gasteiger partial charge >= 0.3 is 6.03 Å². The van der Waals surface area contributed by atoms with Crippen molar-refractivity contribution in [3.05, 3.63) is 65.5 Å². The lowest BCUT2D eigenvalue weighted by molar-refractivity contribution is 0.0691. The molecular formula is C24H28FN3O2. The van der Waals surface area contributed by atoms with Gasteiger partial charge in [0.1, 0.15) is 5.82 Å². The molecule has 30 heavy (non-hydrogen) atoms. The Kier molecular flexibility index (Phi) is 6.31. The van der Waals surface area contributed by atoms with Gasteiger partial charge in [0.25, 0.3) is 5.91 Å². The van der Waals surface area contributed by atoms with E-state index in [0.717, 1.165) is 32.1 Å². The normalized spacial score (nSPS) is 17.2. The molecule has 2 aliphatic rings. The second kappa shape index (κ2) is 9.28. The summed E-state index contributed by atoms with van der Waals surface area (Å²) in [6.07, 6.45) is 4.83. The zero-order valence-electron chi connectivity index (χ0n) is 17.1. The Morgan fingerprint density at radius 3 is 2.33 bits per heavy atom. The van der Waals surface area contributed by atoms with Crippen LogP contribution >= 0.6 is 0 Å². The van der Waals surface area contributed by atoms with Crippen LogP contribution in [-0.4, -0.2) is 47.9 Å². The maximum Gasteiger partial charge on any atom is 0.321 e. The number of benzene rings is 2. The molecule has 2 aromatic carbocycles. The number of piperidine rings is 1. The molecule has 1 N–H and O–H groups in total. The molecule has 0 aromatic heterocycles. The van der Waals surface area contributed by atoms with E-state index in [2.05, 4.69) is 29.6 Å². The first kappa shape index (κ1) is 20.4. The number of nitrogens with zero attached hydrogens (tertiary/aromatic N) is 2. The van der Waals surface area contributed by atoms with E-state index in [1.807, 2.05) is 6.07 Å². The van der Waals surface area contributed by atoms with Crippen molar-refractivity contribution in [2.45, 2.75) is 32.1 Å². The molecule has 5 nitrogen and oxygen atoms in total. The highest BCUT2D eigenvalue weighted by atomic mass is 19.1. The lowest BCUT2D eigenvalue weighted by atomic mass is 9.90. The lowest BCUT2D eigenvalue weighted by Gasteiger charge is -2.32. The number of nitrogens with one attached hydrogen (secondary N) is 1. The molecule has 2 aliphatic heterocycles. The van der Waals surface area contributed by atoms with E-state index >= 15 is 0 Å². The van der Waals surface area contributed by atoms with Crippen LogP contribution in [0.25, 0.3) is 0 Å². The molecule has 0 saturated carbocycles. The summed E-state index contributed by atoms with van der Waals surface area (Å²) in [7, 11) is 0. The van der Waals surface area contributed by atoms with E-state index in [9.17, 15) is 14.0 Å².